The van der Waals surface area contributed by atoms with Crippen LogP contribution < -0.4 is 10.2 Å². The van der Waals surface area contributed by atoms with Crippen molar-refractivity contribution in [3.05, 3.63) is 101 Å². The SMILES string of the molecule is CSCCC(NC(=O)c1ccccc1N1C(=O)C2Cc3c([nH]c4ccccc34)C(c3ccc(C)cc3)N2C1=O)C(=O)O. The van der Waals surface area contributed by atoms with E-state index in [-0.39, 0.29) is 17.7 Å². The molecule has 10 heteroatoms. The van der Waals surface area contributed by atoms with Gasteiger partial charge in [0.05, 0.1) is 11.3 Å². The average molecular weight is 583 g/mol. The molecule has 214 valence electrons. The van der Waals surface area contributed by atoms with E-state index in [0.717, 1.165) is 38.2 Å². The molecule has 0 radical (unpaired) electrons. The molecule has 42 heavy (non-hydrogen) atoms. The van der Waals surface area contributed by atoms with Crippen LogP contribution in [0.25, 0.3) is 10.9 Å². The van der Waals surface area contributed by atoms with Crippen molar-refractivity contribution in [3.8, 4) is 0 Å². The molecule has 3 N–H and O–H groups in total. The lowest BCUT2D eigenvalue weighted by Gasteiger charge is -2.36. The summed E-state index contributed by atoms with van der Waals surface area (Å²) in [7, 11) is 0. The highest BCUT2D eigenvalue weighted by molar-refractivity contribution is 7.98. The van der Waals surface area contributed by atoms with Crippen LogP contribution in [-0.2, 0) is 16.0 Å². The number of aryl methyl sites for hydroxylation is 1. The molecule has 0 bridgehead atoms. The number of para-hydroxylation sites is 2. The number of hydrogen-bond donors (Lipinski definition) is 3. The lowest BCUT2D eigenvalue weighted by atomic mass is 9.88. The van der Waals surface area contributed by atoms with Gasteiger partial charge < -0.3 is 15.4 Å². The molecule has 1 fully saturated rings. The summed E-state index contributed by atoms with van der Waals surface area (Å²) >= 11 is 1.48. The van der Waals surface area contributed by atoms with E-state index in [9.17, 15) is 24.3 Å². The smallest absolute Gasteiger partial charge is 0.332 e. The number of carbonyl (C=O) groups excluding carboxylic acids is 3. The molecular weight excluding hydrogens is 552 g/mol. The van der Waals surface area contributed by atoms with Crippen LogP contribution >= 0.6 is 11.8 Å². The Labute approximate surface area is 246 Å². The predicted molar refractivity (Wildman–Crippen MR) is 162 cm³/mol. The molecule has 3 atom stereocenters. The van der Waals surface area contributed by atoms with E-state index in [2.05, 4.69) is 10.3 Å². The predicted octanol–water partition coefficient (Wildman–Crippen LogP) is 4.90. The number of carboxylic acid groups (broad SMARTS) is 1. The maximum atomic E-state index is 14.3. The number of imide groups is 1. The summed E-state index contributed by atoms with van der Waals surface area (Å²) in [5.41, 5.74) is 4.92. The third-order valence-electron chi connectivity index (χ3n) is 8.05. The van der Waals surface area contributed by atoms with Gasteiger partial charge in [0.1, 0.15) is 18.1 Å². The Bertz CT molecular complexity index is 1720. The lowest BCUT2D eigenvalue weighted by Crippen LogP contribution is -2.44. The van der Waals surface area contributed by atoms with Crippen molar-refractivity contribution < 1.29 is 24.3 Å². The molecule has 3 heterocycles. The maximum absolute atomic E-state index is 14.3. The first kappa shape index (κ1) is 27.6. The highest BCUT2D eigenvalue weighted by atomic mass is 32.2. The number of aromatic nitrogens is 1. The molecule has 9 nitrogen and oxygen atoms in total. The Morgan fingerprint density at radius 1 is 1.05 bits per heavy atom. The second kappa shape index (κ2) is 11.0. The minimum Gasteiger partial charge on any atom is -0.480 e. The average Bonchev–Trinajstić information content (AvgIpc) is 3.48. The Kier molecular flexibility index (Phi) is 7.24. The fourth-order valence-electron chi connectivity index (χ4n) is 5.98. The van der Waals surface area contributed by atoms with Crippen LogP contribution in [0.4, 0.5) is 10.5 Å². The molecule has 1 saturated heterocycles. The van der Waals surface area contributed by atoms with Gasteiger partial charge in [-0.1, -0.05) is 60.2 Å². The van der Waals surface area contributed by atoms with Crippen molar-refractivity contribution in [2.24, 2.45) is 0 Å². The van der Waals surface area contributed by atoms with Crippen molar-refractivity contribution in [3.63, 3.8) is 0 Å². The van der Waals surface area contributed by atoms with E-state index in [1.807, 2.05) is 61.7 Å². The van der Waals surface area contributed by atoms with Crippen LogP contribution in [-0.4, -0.2) is 62.9 Å². The van der Waals surface area contributed by atoms with Gasteiger partial charge in [0, 0.05) is 23.0 Å². The molecular formula is C32H30N4O5S. The maximum Gasteiger partial charge on any atom is 0.332 e. The number of aromatic amines is 1. The molecule has 2 aliphatic rings. The zero-order chi connectivity index (χ0) is 29.5. The van der Waals surface area contributed by atoms with Crippen molar-refractivity contribution in [1.82, 2.24) is 15.2 Å². The van der Waals surface area contributed by atoms with E-state index in [4.69, 9.17) is 0 Å². The zero-order valence-electron chi connectivity index (χ0n) is 23.2. The molecule has 2 aliphatic heterocycles. The summed E-state index contributed by atoms with van der Waals surface area (Å²) in [6.45, 7) is 1.99. The van der Waals surface area contributed by atoms with Gasteiger partial charge in [0.25, 0.3) is 11.8 Å². The van der Waals surface area contributed by atoms with E-state index >= 15 is 0 Å². The molecule has 1 aromatic heterocycles. The van der Waals surface area contributed by atoms with Crippen LogP contribution in [0, 0.1) is 6.92 Å². The summed E-state index contributed by atoms with van der Waals surface area (Å²) in [6.07, 6.45) is 2.43. The second-order valence-electron chi connectivity index (χ2n) is 10.6. The van der Waals surface area contributed by atoms with Gasteiger partial charge in [-0.3, -0.25) is 14.5 Å². The highest BCUT2D eigenvalue weighted by Gasteiger charge is 2.53. The van der Waals surface area contributed by atoms with Crippen LogP contribution in [0.15, 0.2) is 72.8 Å². The van der Waals surface area contributed by atoms with Crippen molar-refractivity contribution in [1.29, 1.82) is 0 Å². The van der Waals surface area contributed by atoms with E-state index in [1.165, 1.54) is 17.8 Å². The van der Waals surface area contributed by atoms with Crippen LogP contribution in [0.2, 0.25) is 0 Å². The fourth-order valence-corrected chi connectivity index (χ4v) is 6.45. The van der Waals surface area contributed by atoms with Crippen molar-refractivity contribution in [2.75, 3.05) is 16.9 Å². The third-order valence-corrected chi connectivity index (χ3v) is 8.69. The van der Waals surface area contributed by atoms with Gasteiger partial charge in [-0.2, -0.15) is 11.8 Å². The first-order valence-electron chi connectivity index (χ1n) is 13.7. The molecule has 0 spiro atoms. The number of H-pyrrole nitrogens is 1. The lowest BCUT2D eigenvalue weighted by molar-refractivity contribution is -0.139. The first-order chi connectivity index (χ1) is 20.3. The van der Waals surface area contributed by atoms with Gasteiger partial charge in [-0.25, -0.2) is 14.5 Å². The minimum absolute atomic E-state index is 0.0605. The number of anilines is 1. The Morgan fingerprint density at radius 3 is 2.50 bits per heavy atom. The van der Waals surface area contributed by atoms with Crippen molar-refractivity contribution in [2.45, 2.75) is 37.9 Å². The summed E-state index contributed by atoms with van der Waals surface area (Å²) in [5, 5.41) is 13.2. The number of rotatable bonds is 8. The van der Waals surface area contributed by atoms with Gasteiger partial charge >= 0.3 is 12.0 Å². The Hall–Kier alpha value is -4.57. The number of hydrogen-bond acceptors (Lipinski definition) is 5. The number of aliphatic carboxylic acids is 1. The quantitative estimate of drug-likeness (QED) is 0.254. The molecule has 0 aliphatic carbocycles. The molecule has 3 aromatic carbocycles. The number of benzene rings is 3. The summed E-state index contributed by atoms with van der Waals surface area (Å²) in [5.74, 6) is -1.68. The number of thioether (sulfide) groups is 1. The number of nitrogens with zero attached hydrogens (tertiary/aromatic N) is 2. The van der Waals surface area contributed by atoms with Crippen LogP contribution in [0.3, 0.4) is 0 Å². The zero-order valence-corrected chi connectivity index (χ0v) is 24.0. The van der Waals surface area contributed by atoms with E-state index in [0.29, 0.717) is 12.2 Å². The third kappa shape index (κ3) is 4.61. The van der Waals surface area contributed by atoms with Crippen LogP contribution in [0.1, 0.15) is 45.2 Å². The second-order valence-corrected chi connectivity index (χ2v) is 11.6. The molecule has 4 amide bonds. The number of nitrogens with one attached hydrogen (secondary N) is 2. The van der Waals surface area contributed by atoms with Gasteiger partial charge in [-0.05, 0) is 54.7 Å². The van der Waals surface area contributed by atoms with Gasteiger partial charge in [0.2, 0.25) is 0 Å². The van der Waals surface area contributed by atoms with Crippen molar-refractivity contribution >= 4 is 52.2 Å². The standard InChI is InChI=1S/C32H30N4O5S/c1-18-11-13-19(14-12-18)28-27-22(20-7-3-5-9-23(20)33-27)17-26-30(38)36(32(41)35(26)28)25-10-6-4-8-21(25)29(37)34-24(31(39)40)15-16-42-2/h3-14,24,26,28,33H,15-17H2,1-2H3,(H,34,37)(H,39,40). The topological polar surface area (TPSA) is 123 Å². The van der Waals surface area contributed by atoms with Crippen LogP contribution in [0.5, 0.6) is 0 Å². The summed E-state index contributed by atoms with van der Waals surface area (Å²) < 4.78 is 0. The highest BCUT2D eigenvalue weighted by Crippen LogP contribution is 2.45. The number of carbonyl (C=O) groups is 4. The number of carboxylic acids is 1. The number of fused-ring (bicyclic) bond motifs is 4. The summed E-state index contributed by atoms with van der Waals surface area (Å²) in [4.78, 5) is 59.8. The number of urea groups is 1. The minimum atomic E-state index is -1.14. The first-order valence-corrected chi connectivity index (χ1v) is 15.1. The molecule has 3 unspecified atom stereocenters. The molecule has 0 saturated carbocycles. The number of amides is 4. The largest absolute Gasteiger partial charge is 0.480 e. The fraction of sp³-hybridized carbons (Fsp3) is 0.250. The summed E-state index contributed by atoms with van der Waals surface area (Å²) in [6, 6.07) is 19.2. The Balaban J connectivity index is 1.41. The van der Waals surface area contributed by atoms with E-state index < -0.39 is 41.9 Å². The Morgan fingerprint density at radius 2 is 1.76 bits per heavy atom. The van der Waals surface area contributed by atoms with Gasteiger partial charge in [-0.15, -0.1) is 0 Å². The monoisotopic (exact) mass is 582 g/mol. The van der Waals surface area contributed by atoms with Gasteiger partial charge in [0.15, 0.2) is 0 Å². The molecule has 4 aromatic rings. The normalized spacial score (nSPS) is 18.6. The van der Waals surface area contributed by atoms with E-state index in [1.54, 1.807) is 23.1 Å². The molecule has 6 rings (SSSR count).